The molecule has 4 nitrogen and oxygen atoms in total. The lowest BCUT2D eigenvalue weighted by Gasteiger charge is -1.97. The molecule has 0 unspecified atom stereocenters. The van der Waals surface area contributed by atoms with Crippen LogP contribution in [0.2, 0.25) is 0 Å². The number of para-hydroxylation sites is 3. The highest BCUT2D eigenvalue weighted by Gasteiger charge is 2.12. The van der Waals surface area contributed by atoms with E-state index in [1.807, 2.05) is 65.4 Å². The first-order chi connectivity index (χ1) is 12.8. The van der Waals surface area contributed by atoms with Crippen molar-refractivity contribution in [2.45, 2.75) is 6.54 Å². The smallest absolute Gasteiger partial charge is 0.274 e. The molecule has 0 saturated carbocycles. The second-order valence-electron chi connectivity index (χ2n) is 6.07. The molecule has 2 aromatic carbocycles. The SMILES string of the molecule is C#CCn1cc(C=c2sc3nc4ccccc4n3c2=O)c2ccccc21. The van der Waals surface area contributed by atoms with Crippen molar-refractivity contribution in [1.82, 2.24) is 14.0 Å². The van der Waals surface area contributed by atoms with Crippen molar-refractivity contribution in [3.8, 4) is 12.3 Å². The van der Waals surface area contributed by atoms with Crippen LogP contribution in [0.5, 0.6) is 0 Å². The van der Waals surface area contributed by atoms with Crippen LogP contribution in [0.25, 0.3) is 33.0 Å². The highest BCUT2D eigenvalue weighted by atomic mass is 32.1. The minimum atomic E-state index is -0.0347. The van der Waals surface area contributed by atoms with Crippen LogP contribution in [0, 0.1) is 12.3 Å². The third-order valence-corrected chi connectivity index (χ3v) is 5.48. The number of nitrogens with zero attached hydrogens (tertiary/aromatic N) is 3. The van der Waals surface area contributed by atoms with Crippen molar-refractivity contribution < 1.29 is 0 Å². The van der Waals surface area contributed by atoms with Gasteiger partial charge in [0.05, 0.1) is 22.1 Å². The molecule has 0 N–H and O–H groups in total. The number of aromatic nitrogens is 3. The Morgan fingerprint density at radius 1 is 1.12 bits per heavy atom. The summed E-state index contributed by atoms with van der Waals surface area (Å²) >= 11 is 1.41. The highest BCUT2D eigenvalue weighted by Crippen LogP contribution is 2.22. The topological polar surface area (TPSA) is 39.3 Å². The molecule has 0 atom stereocenters. The summed E-state index contributed by atoms with van der Waals surface area (Å²) in [7, 11) is 0. The first-order valence-electron chi connectivity index (χ1n) is 8.19. The van der Waals surface area contributed by atoms with Gasteiger partial charge in [-0.25, -0.2) is 9.38 Å². The van der Waals surface area contributed by atoms with Crippen molar-refractivity contribution in [3.05, 3.63) is 75.2 Å². The molecule has 5 rings (SSSR count). The van der Waals surface area contributed by atoms with Crippen LogP contribution in [0.1, 0.15) is 5.56 Å². The Hall–Kier alpha value is -3.36. The quantitative estimate of drug-likeness (QED) is 0.457. The van der Waals surface area contributed by atoms with Crippen LogP contribution >= 0.6 is 11.3 Å². The van der Waals surface area contributed by atoms with E-state index in [4.69, 9.17) is 6.42 Å². The van der Waals surface area contributed by atoms with Gasteiger partial charge in [-0.05, 0) is 24.3 Å². The summed E-state index contributed by atoms with van der Waals surface area (Å²) in [5, 5.41) is 1.08. The lowest BCUT2D eigenvalue weighted by atomic mass is 10.2. The molecule has 0 fully saturated rings. The fourth-order valence-corrected chi connectivity index (χ4v) is 4.35. The summed E-state index contributed by atoms with van der Waals surface area (Å²) in [4.78, 5) is 18.2. The minimum absolute atomic E-state index is 0.0347. The van der Waals surface area contributed by atoms with Crippen LogP contribution in [0.3, 0.4) is 0 Å². The number of terminal acetylenes is 1. The number of rotatable bonds is 2. The molecule has 3 aromatic heterocycles. The Kier molecular flexibility index (Phi) is 3.21. The summed E-state index contributed by atoms with van der Waals surface area (Å²) < 4.78 is 4.38. The maximum atomic E-state index is 12.9. The Morgan fingerprint density at radius 3 is 2.73 bits per heavy atom. The highest BCUT2D eigenvalue weighted by molar-refractivity contribution is 7.15. The van der Waals surface area contributed by atoms with Gasteiger partial charge in [-0.3, -0.25) is 4.79 Å². The monoisotopic (exact) mass is 355 g/mol. The number of benzene rings is 2. The van der Waals surface area contributed by atoms with E-state index in [0.717, 1.165) is 32.5 Å². The van der Waals surface area contributed by atoms with E-state index < -0.39 is 0 Å². The molecule has 124 valence electrons. The molecular formula is C21H13N3OS. The van der Waals surface area contributed by atoms with Gasteiger partial charge < -0.3 is 4.57 Å². The number of hydrogen-bond acceptors (Lipinski definition) is 3. The zero-order valence-corrected chi connectivity index (χ0v) is 14.5. The Morgan fingerprint density at radius 2 is 1.88 bits per heavy atom. The van der Waals surface area contributed by atoms with Gasteiger partial charge >= 0.3 is 0 Å². The van der Waals surface area contributed by atoms with Crippen molar-refractivity contribution in [1.29, 1.82) is 0 Å². The molecule has 0 aliphatic heterocycles. The number of thiazole rings is 1. The number of hydrogen-bond donors (Lipinski definition) is 0. The van der Waals surface area contributed by atoms with E-state index in [1.54, 1.807) is 4.40 Å². The molecule has 0 bridgehead atoms. The predicted molar refractivity (Wildman–Crippen MR) is 106 cm³/mol. The van der Waals surface area contributed by atoms with Gasteiger partial charge in [-0.1, -0.05) is 47.6 Å². The van der Waals surface area contributed by atoms with Gasteiger partial charge in [0, 0.05) is 22.7 Å². The van der Waals surface area contributed by atoms with E-state index in [1.165, 1.54) is 11.3 Å². The molecule has 5 heteroatoms. The zero-order chi connectivity index (χ0) is 17.7. The predicted octanol–water partition coefficient (Wildman–Crippen LogP) is 3.04. The fraction of sp³-hybridized carbons (Fsp3) is 0.0476. The number of imidazole rings is 1. The average molecular weight is 355 g/mol. The van der Waals surface area contributed by atoms with E-state index >= 15 is 0 Å². The van der Waals surface area contributed by atoms with Gasteiger partial charge in [-0.2, -0.15) is 0 Å². The first-order valence-corrected chi connectivity index (χ1v) is 9.01. The van der Waals surface area contributed by atoms with Crippen molar-refractivity contribution in [3.63, 3.8) is 0 Å². The Labute approximate surface area is 152 Å². The molecule has 0 aliphatic rings. The molecule has 0 radical (unpaired) electrons. The van der Waals surface area contributed by atoms with E-state index in [0.29, 0.717) is 11.1 Å². The van der Waals surface area contributed by atoms with Gasteiger partial charge in [0.25, 0.3) is 5.56 Å². The largest absolute Gasteiger partial charge is 0.335 e. The first kappa shape index (κ1) is 14.9. The molecule has 0 amide bonds. The lowest BCUT2D eigenvalue weighted by Crippen LogP contribution is -2.22. The van der Waals surface area contributed by atoms with Gasteiger partial charge in [-0.15, -0.1) is 6.42 Å². The normalized spacial score (nSPS) is 12.3. The standard InChI is InChI=1S/C21H13N3OS/c1-2-11-23-13-14(15-7-3-5-9-17(15)23)12-19-20(25)24-18-10-6-4-8-16(18)22-21(24)26-19/h1,3-10,12-13H,11H2. The summed E-state index contributed by atoms with van der Waals surface area (Å²) in [6.45, 7) is 0.497. The summed E-state index contributed by atoms with van der Waals surface area (Å²) in [5.74, 6) is 2.68. The van der Waals surface area contributed by atoms with E-state index in [9.17, 15) is 4.79 Å². The molecule has 0 spiro atoms. The van der Waals surface area contributed by atoms with Gasteiger partial charge in [0.15, 0.2) is 4.96 Å². The fourth-order valence-electron chi connectivity index (χ4n) is 3.37. The van der Waals surface area contributed by atoms with Crippen molar-refractivity contribution in [2.75, 3.05) is 0 Å². The third-order valence-electron chi connectivity index (χ3n) is 4.51. The maximum absolute atomic E-state index is 12.9. The van der Waals surface area contributed by atoms with E-state index in [2.05, 4.69) is 10.9 Å². The van der Waals surface area contributed by atoms with Crippen LogP contribution in [0.15, 0.2) is 59.5 Å². The van der Waals surface area contributed by atoms with Gasteiger partial charge in [0.1, 0.15) is 0 Å². The van der Waals surface area contributed by atoms with Crippen molar-refractivity contribution >= 4 is 44.3 Å². The Balaban J connectivity index is 1.80. The van der Waals surface area contributed by atoms with Crippen LogP contribution < -0.4 is 10.1 Å². The van der Waals surface area contributed by atoms with Gasteiger partial charge in [0.2, 0.25) is 0 Å². The van der Waals surface area contributed by atoms with Crippen molar-refractivity contribution in [2.24, 2.45) is 0 Å². The maximum Gasteiger partial charge on any atom is 0.274 e. The lowest BCUT2D eigenvalue weighted by molar-refractivity contribution is 0.885. The summed E-state index contributed by atoms with van der Waals surface area (Å²) in [6, 6.07) is 15.8. The summed E-state index contributed by atoms with van der Waals surface area (Å²) in [5.41, 5.74) is 3.70. The third kappa shape index (κ3) is 2.10. The van der Waals surface area contributed by atoms with E-state index in [-0.39, 0.29) is 5.56 Å². The molecule has 3 heterocycles. The zero-order valence-electron chi connectivity index (χ0n) is 13.7. The molecule has 5 aromatic rings. The molecular weight excluding hydrogens is 342 g/mol. The minimum Gasteiger partial charge on any atom is -0.335 e. The van der Waals surface area contributed by atoms with Crippen LogP contribution in [0.4, 0.5) is 0 Å². The van der Waals surface area contributed by atoms with Crippen LogP contribution in [-0.2, 0) is 6.54 Å². The molecule has 0 saturated heterocycles. The summed E-state index contributed by atoms with van der Waals surface area (Å²) in [6.07, 6.45) is 9.43. The number of fused-ring (bicyclic) bond motifs is 4. The second kappa shape index (κ2) is 5.58. The average Bonchev–Trinajstić information content (AvgIpc) is 3.28. The molecule has 0 aliphatic carbocycles. The Bertz CT molecular complexity index is 1450. The second-order valence-corrected chi connectivity index (χ2v) is 7.08. The molecule has 26 heavy (non-hydrogen) atoms. The van der Waals surface area contributed by atoms with Crippen LogP contribution in [-0.4, -0.2) is 14.0 Å².